The van der Waals surface area contributed by atoms with Gasteiger partial charge in [0.15, 0.2) is 10.7 Å². The Balaban J connectivity index is 1.49. The summed E-state index contributed by atoms with van der Waals surface area (Å²) in [5.41, 5.74) is 5.43. The topological polar surface area (TPSA) is 67.2 Å². The fourth-order valence-electron chi connectivity index (χ4n) is 3.20. The van der Waals surface area contributed by atoms with E-state index in [1.54, 1.807) is 18.2 Å². The summed E-state index contributed by atoms with van der Waals surface area (Å²) in [5.74, 6) is 0.215. The zero-order chi connectivity index (χ0) is 21.3. The van der Waals surface area contributed by atoms with Crippen molar-refractivity contribution < 1.29 is 9.21 Å². The third-order valence-electron chi connectivity index (χ3n) is 4.43. The molecule has 2 N–H and O–H groups in total. The Labute approximate surface area is 184 Å². The second-order valence-electron chi connectivity index (χ2n) is 7.00. The first-order chi connectivity index (χ1) is 14.4. The minimum absolute atomic E-state index is 0.209. The van der Waals surface area contributed by atoms with Crippen molar-refractivity contribution in [2.75, 3.05) is 5.32 Å². The molecule has 1 heterocycles. The Morgan fingerprint density at radius 3 is 2.57 bits per heavy atom. The highest BCUT2D eigenvalue weighted by Gasteiger charge is 2.12. The standard InChI is InChI=1S/C23H18ClN3O2S/c1-13-8-14(2)10-16(9-13)21(28)27-23(30)25-18-5-3-4-15(11-18)22-26-19-12-17(24)6-7-20(19)29-22/h3-12H,1-2H3,(H2,25,27,28,30). The zero-order valence-electron chi connectivity index (χ0n) is 16.3. The van der Waals surface area contributed by atoms with Gasteiger partial charge < -0.3 is 9.73 Å². The van der Waals surface area contributed by atoms with Gasteiger partial charge in [0.05, 0.1) is 0 Å². The number of aryl methyl sites for hydroxylation is 2. The van der Waals surface area contributed by atoms with Crippen LogP contribution in [0.2, 0.25) is 5.02 Å². The fourth-order valence-corrected chi connectivity index (χ4v) is 3.57. The van der Waals surface area contributed by atoms with Gasteiger partial charge in [0.1, 0.15) is 5.52 Å². The SMILES string of the molecule is Cc1cc(C)cc(C(=O)NC(=S)Nc2cccc(-c3nc4cc(Cl)ccc4o3)c2)c1. The first-order valence-corrected chi connectivity index (χ1v) is 10.0. The number of thiocarbonyl (C=S) groups is 1. The molecule has 7 heteroatoms. The molecular formula is C23H18ClN3O2S. The highest BCUT2D eigenvalue weighted by Crippen LogP contribution is 2.27. The molecule has 0 radical (unpaired) electrons. The molecule has 3 aromatic carbocycles. The smallest absolute Gasteiger partial charge is 0.257 e. The number of hydrogen-bond donors (Lipinski definition) is 2. The molecule has 30 heavy (non-hydrogen) atoms. The van der Waals surface area contributed by atoms with Gasteiger partial charge in [-0.1, -0.05) is 34.9 Å². The molecule has 0 saturated carbocycles. The molecule has 0 aliphatic heterocycles. The molecule has 1 aromatic heterocycles. The molecule has 150 valence electrons. The molecule has 0 fully saturated rings. The summed E-state index contributed by atoms with van der Waals surface area (Å²) in [4.78, 5) is 17.0. The van der Waals surface area contributed by atoms with Crippen molar-refractivity contribution in [2.45, 2.75) is 13.8 Å². The van der Waals surface area contributed by atoms with Gasteiger partial charge in [-0.15, -0.1) is 0 Å². The van der Waals surface area contributed by atoms with Gasteiger partial charge in [0.25, 0.3) is 5.91 Å². The summed E-state index contributed by atoms with van der Waals surface area (Å²) < 4.78 is 5.81. The molecule has 0 atom stereocenters. The largest absolute Gasteiger partial charge is 0.436 e. The van der Waals surface area contributed by atoms with Crippen LogP contribution in [0.3, 0.4) is 0 Å². The minimum atomic E-state index is -0.258. The lowest BCUT2D eigenvalue weighted by Gasteiger charge is -2.11. The summed E-state index contributed by atoms with van der Waals surface area (Å²) in [7, 11) is 0. The van der Waals surface area contributed by atoms with Crippen molar-refractivity contribution in [2.24, 2.45) is 0 Å². The Kier molecular flexibility index (Phi) is 5.53. The minimum Gasteiger partial charge on any atom is -0.436 e. The van der Waals surface area contributed by atoms with Crippen LogP contribution < -0.4 is 10.6 Å². The number of anilines is 1. The van der Waals surface area contributed by atoms with Crippen LogP contribution in [0.5, 0.6) is 0 Å². The third-order valence-corrected chi connectivity index (χ3v) is 4.87. The number of rotatable bonds is 3. The number of oxazole rings is 1. The van der Waals surface area contributed by atoms with Gasteiger partial charge >= 0.3 is 0 Å². The second kappa shape index (κ2) is 8.26. The number of nitrogens with one attached hydrogen (secondary N) is 2. The Morgan fingerprint density at radius 1 is 1.03 bits per heavy atom. The predicted molar refractivity (Wildman–Crippen MR) is 124 cm³/mol. The van der Waals surface area contributed by atoms with Crippen molar-refractivity contribution in [3.63, 3.8) is 0 Å². The quantitative estimate of drug-likeness (QED) is 0.392. The first kappa shape index (κ1) is 20.1. The van der Waals surface area contributed by atoms with Crippen LogP contribution in [0.15, 0.2) is 65.1 Å². The number of benzene rings is 3. The highest BCUT2D eigenvalue weighted by atomic mass is 35.5. The normalized spacial score (nSPS) is 10.8. The average Bonchev–Trinajstić information content (AvgIpc) is 3.10. The lowest BCUT2D eigenvalue weighted by Crippen LogP contribution is -2.34. The molecule has 1 amide bonds. The monoisotopic (exact) mass is 435 g/mol. The molecule has 0 saturated heterocycles. The Hall–Kier alpha value is -3.22. The summed E-state index contributed by atoms with van der Waals surface area (Å²) in [6, 6.07) is 18.4. The van der Waals surface area contributed by atoms with Crippen molar-refractivity contribution in [1.82, 2.24) is 10.3 Å². The van der Waals surface area contributed by atoms with Crippen molar-refractivity contribution in [3.05, 3.63) is 82.4 Å². The number of carbonyl (C=O) groups is 1. The van der Waals surface area contributed by atoms with Crippen molar-refractivity contribution in [1.29, 1.82) is 0 Å². The van der Waals surface area contributed by atoms with Crippen LogP contribution in [0.4, 0.5) is 5.69 Å². The Bertz CT molecular complexity index is 1260. The average molecular weight is 436 g/mol. The van der Waals surface area contributed by atoms with Crippen LogP contribution in [0.25, 0.3) is 22.6 Å². The van der Waals surface area contributed by atoms with E-state index in [1.165, 1.54) is 0 Å². The number of fused-ring (bicyclic) bond motifs is 1. The maximum absolute atomic E-state index is 12.5. The Morgan fingerprint density at radius 2 is 1.80 bits per heavy atom. The van der Waals surface area contributed by atoms with E-state index in [0.29, 0.717) is 33.3 Å². The molecule has 0 aliphatic rings. The van der Waals surface area contributed by atoms with Gasteiger partial charge in [-0.2, -0.15) is 0 Å². The summed E-state index contributed by atoms with van der Waals surface area (Å²) >= 11 is 11.3. The molecule has 5 nitrogen and oxygen atoms in total. The number of aromatic nitrogens is 1. The van der Waals surface area contributed by atoms with E-state index in [-0.39, 0.29) is 11.0 Å². The van der Waals surface area contributed by atoms with Gasteiger partial charge in [-0.05, 0) is 74.6 Å². The van der Waals surface area contributed by atoms with Gasteiger partial charge in [-0.3, -0.25) is 10.1 Å². The molecule has 4 aromatic rings. The van der Waals surface area contributed by atoms with Crippen LogP contribution in [0, 0.1) is 13.8 Å². The van der Waals surface area contributed by atoms with Crippen LogP contribution in [-0.2, 0) is 0 Å². The zero-order valence-corrected chi connectivity index (χ0v) is 17.9. The van der Waals surface area contributed by atoms with E-state index in [0.717, 1.165) is 16.7 Å². The molecule has 0 spiro atoms. The van der Waals surface area contributed by atoms with Crippen LogP contribution in [-0.4, -0.2) is 16.0 Å². The molecule has 4 rings (SSSR count). The maximum atomic E-state index is 12.5. The van der Waals surface area contributed by atoms with E-state index in [2.05, 4.69) is 15.6 Å². The fraction of sp³-hybridized carbons (Fsp3) is 0.0870. The predicted octanol–water partition coefficient (Wildman–Crippen LogP) is 5.89. The first-order valence-electron chi connectivity index (χ1n) is 9.24. The van der Waals surface area contributed by atoms with Gasteiger partial charge in [-0.25, -0.2) is 4.98 Å². The lowest BCUT2D eigenvalue weighted by atomic mass is 10.1. The summed E-state index contributed by atoms with van der Waals surface area (Å²) in [5, 5.41) is 6.56. The van der Waals surface area contributed by atoms with Crippen molar-refractivity contribution in [3.8, 4) is 11.5 Å². The van der Waals surface area contributed by atoms with Gasteiger partial charge in [0, 0.05) is 21.8 Å². The number of carbonyl (C=O) groups excluding carboxylic acids is 1. The van der Waals surface area contributed by atoms with Crippen LogP contribution >= 0.6 is 23.8 Å². The third kappa shape index (κ3) is 4.50. The van der Waals surface area contributed by atoms with E-state index < -0.39 is 0 Å². The van der Waals surface area contributed by atoms with E-state index in [1.807, 2.05) is 56.3 Å². The van der Waals surface area contributed by atoms with Crippen molar-refractivity contribution >= 4 is 51.6 Å². The number of halogens is 1. The number of amides is 1. The summed E-state index contributed by atoms with van der Waals surface area (Å²) in [6.45, 7) is 3.90. The van der Waals surface area contributed by atoms with E-state index in [4.69, 9.17) is 28.2 Å². The maximum Gasteiger partial charge on any atom is 0.257 e. The van der Waals surface area contributed by atoms with E-state index >= 15 is 0 Å². The molecule has 0 aliphatic carbocycles. The second-order valence-corrected chi connectivity index (χ2v) is 7.84. The molecule has 0 bridgehead atoms. The lowest BCUT2D eigenvalue weighted by molar-refractivity contribution is 0.0977. The molecule has 0 unspecified atom stereocenters. The van der Waals surface area contributed by atoms with Crippen LogP contribution in [0.1, 0.15) is 21.5 Å². The number of hydrogen-bond acceptors (Lipinski definition) is 4. The van der Waals surface area contributed by atoms with Gasteiger partial charge in [0.2, 0.25) is 5.89 Å². The van der Waals surface area contributed by atoms with E-state index in [9.17, 15) is 4.79 Å². The molecular weight excluding hydrogens is 418 g/mol. The number of nitrogens with zero attached hydrogens (tertiary/aromatic N) is 1. The summed E-state index contributed by atoms with van der Waals surface area (Å²) in [6.07, 6.45) is 0. The highest BCUT2D eigenvalue weighted by molar-refractivity contribution is 7.80.